The zero-order valence-corrected chi connectivity index (χ0v) is 12.3. The largest absolute Gasteiger partial charge is 0.393 e. The van der Waals surface area contributed by atoms with Gasteiger partial charge in [0.25, 0.3) is 0 Å². The highest BCUT2D eigenvalue weighted by Crippen LogP contribution is 2.36. The Balaban J connectivity index is 1.63. The molecule has 1 N–H and O–H groups in total. The molecule has 1 aromatic heterocycles. The predicted octanol–water partition coefficient (Wildman–Crippen LogP) is 2.15. The summed E-state index contributed by atoms with van der Waals surface area (Å²) in [5, 5.41) is 14.2. The molecule has 0 amide bonds. The molecule has 20 heavy (non-hydrogen) atoms. The van der Waals surface area contributed by atoms with Gasteiger partial charge in [-0.2, -0.15) is 4.98 Å². The van der Waals surface area contributed by atoms with Crippen molar-refractivity contribution in [3.05, 3.63) is 11.7 Å². The lowest BCUT2D eigenvalue weighted by molar-refractivity contribution is 0.0706. The monoisotopic (exact) mass is 279 g/mol. The maximum atomic E-state index is 10.1. The third-order valence-electron chi connectivity index (χ3n) is 4.76. The molecule has 5 heteroatoms. The first-order valence-electron chi connectivity index (χ1n) is 8.01. The van der Waals surface area contributed by atoms with Gasteiger partial charge in [-0.3, -0.25) is 4.90 Å². The Kier molecular flexibility index (Phi) is 4.36. The van der Waals surface area contributed by atoms with Crippen LogP contribution in [0.1, 0.15) is 57.2 Å². The van der Waals surface area contributed by atoms with E-state index in [1.54, 1.807) is 0 Å². The summed E-state index contributed by atoms with van der Waals surface area (Å²) >= 11 is 0. The van der Waals surface area contributed by atoms with E-state index in [-0.39, 0.29) is 6.10 Å². The summed E-state index contributed by atoms with van der Waals surface area (Å²) in [7, 11) is 0. The van der Waals surface area contributed by atoms with Crippen LogP contribution in [0.4, 0.5) is 0 Å². The molecular weight excluding hydrogens is 254 g/mol. The van der Waals surface area contributed by atoms with Gasteiger partial charge in [0.15, 0.2) is 5.82 Å². The highest BCUT2D eigenvalue weighted by atomic mass is 16.5. The first-order chi connectivity index (χ1) is 9.78. The van der Waals surface area contributed by atoms with Crippen molar-refractivity contribution >= 4 is 0 Å². The molecule has 5 nitrogen and oxygen atoms in total. The van der Waals surface area contributed by atoms with Crippen LogP contribution in [0.5, 0.6) is 0 Å². The van der Waals surface area contributed by atoms with Gasteiger partial charge >= 0.3 is 0 Å². The quantitative estimate of drug-likeness (QED) is 0.894. The fourth-order valence-electron chi connectivity index (χ4n) is 3.80. The second-order valence-electron chi connectivity index (χ2n) is 6.20. The zero-order chi connectivity index (χ0) is 13.9. The smallest absolute Gasteiger partial charge is 0.226 e. The first-order valence-corrected chi connectivity index (χ1v) is 8.01. The van der Waals surface area contributed by atoms with Gasteiger partial charge in [0.1, 0.15) is 0 Å². The summed E-state index contributed by atoms with van der Waals surface area (Å²) in [4.78, 5) is 6.91. The Morgan fingerprint density at radius 3 is 2.95 bits per heavy atom. The molecule has 3 rings (SSSR count). The van der Waals surface area contributed by atoms with E-state index in [1.165, 1.54) is 19.3 Å². The van der Waals surface area contributed by atoms with E-state index >= 15 is 0 Å². The van der Waals surface area contributed by atoms with Crippen molar-refractivity contribution in [2.45, 2.75) is 70.6 Å². The lowest BCUT2D eigenvalue weighted by atomic mass is 9.94. The molecule has 2 heterocycles. The Hall–Kier alpha value is -0.940. The maximum absolute atomic E-state index is 10.1. The van der Waals surface area contributed by atoms with Gasteiger partial charge in [-0.15, -0.1) is 0 Å². The van der Waals surface area contributed by atoms with Crippen LogP contribution in [-0.2, 0) is 13.0 Å². The van der Waals surface area contributed by atoms with Gasteiger partial charge in [-0.25, -0.2) is 0 Å². The van der Waals surface area contributed by atoms with Crippen LogP contribution in [0, 0.1) is 5.92 Å². The van der Waals surface area contributed by atoms with Crippen LogP contribution < -0.4 is 0 Å². The summed E-state index contributed by atoms with van der Waals surface area (Å²) in [6.07, 6.45) is 7.49. The van der Waals surface area contributed by atoms with Crippen molar-refractivity contribution in [1.29, 1.82) is 0 Å². The van der Waals surface area contributed by atoms with Gasteiger partial charge in [-0.05, 0) is 38.6 Å². The Morgan fingerprint density at radius 2 is 2.20 bits per heavy atom. The van der Waals surface area contributed by atoms with E-state index in [1.807, 2.05) is 0 Å². The van der Waals surface area contributed by atoms with Gasteiger partial charge in [0.2, 0.25) is 5.89 Å². The maximum Gasteiger partial charge on any atom is 0.226 e. The molecular formula is C15H25N3O2. The molecule has 2 fully saturated rings. The summed E-state index contributed by atoms with van der Waals surface area (Å²) in [5.41, 5.74) is 0. The van der Waals surface area contributed by atoms with Gasteiger partial charge < -0.3 is 9.63 Å². The van der Waals surface area contributed by atoms with E-state index in [0.717, 1.165) is 50.5 Å². The van der Waals surface area contributed by atoms with Crippen molar-refractivity contribution in [2.75, 3.05) is 6.54 Å². The summed E-state index contributed by atoms with van der Waals surface area (Å²) < 4.78 is 5.26. The Labute approximate surface area is 120 Å². The van der Waals surface area contributed by atoms with Crippen molar-refractivity contribution < 1.29 is 9.63 Å². The molecule has 1 aliphatic heterocycles. The number of aromatic nitrogens is 2. The topological polar surface area (TPSA) is 62.4 Å². The average Bonchev–Trinajstić information content (AvgIpc) is 3.13. The average molecular weight is 279 g/mol. The summed E-state index contributed by atoms with van der Waals surface area (Å²) in [6.45, 7) is 3.97. The molecule has 112 valence electrons. The number of hydrogen-bond donors (Lipinski definition) is 1. The van der Waals surface area contributed by atoms with Crippen LogP contribution in [0.2, 0.25) is 0 Å². The lowest BCUT2D eigenvalue weighted by Gasteiger charge is -2.30. The molecule has 3 atom stereocenters. The highest BCUT2D eigenvalue weighted by molar-refractivity contribution is 4.94. The standard InChI is InChI=1S/C15H25N3O2/c1-2-5-15-16-14(17-20-15)10-18-9-4-7-12(18)11-6-3-8-13(11)19/h11-13,19H,2-10H2,1H3. The van der Waals surface area contributed by atoms with E-state index in [4.69, 9.17) is 4.52 Å². The molecule has 1 aromatic rings. The minimum Gasteiger partial charge on any atom is -0.393 e. The van der Waals surface area contributed by atoms with Crippen LogP contribution in [-0.4, -0.2) is 38.8 Å². The van der Waals surface area contributed by atoms with E-state index in [2.05, 4.69) is 22.0 Å². The van der Waals surface area contributed by atoms with E-state index in [9.17, 15) is 5.11 Å². The molecule has 0 radical (unpaired) electrons. The summed E-state index contributed by atoms with van der Waals surface area (Å²) in [6, 6.07) is 0.501. The fourth-order valence-corrected chi connectivity index (χ4v) is 3.80. The minimum absolute atomic E-state index is 0.110. The van der Waals surface area contributed by atoms with Crippen molar-refractivity contribution in [2.24, 2.45) is 5.92 Å². The Morgan fingerprint density at radius 1 is 1.30 bits per heavy atom. The van der Waals surface area contributed by atoms with Crippen LogP contribution >= 0.6 is 0 Å². The molecule has 2 aliphatic rings. The number of aliphatic hydroxyl groups excluding tert-OH is 1. The summed E-state index contributed by atoms with van der Waals surface area (Å²) in [5.74, 6) is 1.99. The molecule has 0 aromatic carbocycles. The van der Waals surface area contributed by atoms with Crippen molar-refractivity contribution in [3.63, 3.8) is 0 Å². The second kappa shape index (κ2) is 6.22. The van der Waals surface area contributed by atoms with Crippen LogP contribution in [0.25, 0.3) is 0 Å². The predicted molar refractivity (Wildman–Crippen MR) is 75.1 cm³/mol. The molecule has 1 saturated heterocycles. The van der Waals surface area contributed by atoms with E-state index < -0.39 is 0 Å². The zero-order valence-electron chi connectivity index (χ0n) is 12.3. The molecule has 1 aliphatic carbocycles. The third kappa shape index (κ3) is 2.88. The highest BCUT2D eigenvalue weighted by Gasteiger charge is 2.38. The minimum atomic E-state index is -0.110. The SMILES string of the molecule is CCCc1nc(CN2CCCC2C2CCCC2O)no1. The van der Waals surface area contributed by atoms with Crippen molar-refractivity contribution in [3.8, 4) is 0 Å². The number of aliphatic hydroxyl groups is 1. The van der Waals surface area contributed by atoms with Crippen LogP contribution in [0.15, 0.2) is 4.52 Å². The third-order valence-corrected chi connectivity index (χ3v) is 4.76. The first kappa shape index (κ1) is 14.0. The molecule has 0 bridgehead atoms. The Bertz CT molecular complexity index is 435. The van der Waals surface area contributed by atoms with E-state index in [0.29, 0.717) is 12.0 Å². The molecule has 1 saturated carbocycles. The number of aryl methyl sites for hydroxylation is 1. The lowest BCUT2D eigenvalue weighted by Crippen LogP contribution is -2.38. The second-order valence-corrected chi connectivity index (χ2v) is 6.20. The van der Waals surface area contributed by atoms with Gasteiger partial charge in [0.05, 0.1) is 12.6 Å². The molecule has 3 unspecified atom stereocenters. The van der Waals surface area contributed by atoms with Gasteiger partial charge in [0, 0.05) is 18.4 Å². The van der Waals surface area contributed by atoms with Crippen molar-refractivity contribution in [1.82, 2.24) is 15.0 Å². The number of rotatable bonds is 5. The number of likely N-dealkylation sites (tertiary alicyclic amines) is 1. The number of nitrogens with zero attached hydrogens (tertiary/aromatic N) is 3. The normalized spacial score (nSPS) is 31.2. The van der Waals surface area contributed by atoms with Crippen LogP contribution in [0.3, 0.4) is 0 Å². The fraction of sp³-hybridized carbons (Fsp3) is 0.867. The number of hydrogen-bond acceptors (Lipinski definition) is 5. The molecule has 0 spiro atoms. The van der Waals surface area contributed by atoms with Gasteiger partial charge in [-0.1, -0.05) is 18.5 Å².